The van der Waals surface area contributed by atoms with E-state index in [1.54, 1.807) is 0 Å². The summed E-state index contributed by atoms with van der Waals surface area (Å²) >= 11 is 0. The first-order valence-electron chi connectivity index (χ1n) is 5.60. The maximum Gasteiger partial charge on any atom is 0.335 e. The Kier molecular flexibility index (Phi) is 3.36. The third-order valence-electron chi connectivity index (χ3n) is 3.53. The second-order valence-corrected chi connectivity index (χ2v) is 5.21. The van der Waals surface area contributed by atoms with E-state index in [0.717, 1.165) is 5.56 Å². The SMILES string of the molecule is CC(C)C(C)(C)c1c(N)cc(C(=O)O)cc1N. The van der Waals surface area contributed by atoms with E-state index in [1.807, 2.05) is 0 Å². The third kappa shape index (κ3) is 2.35. The zero-order valence-corrected chi connectivity index (χ0v) is 10.7. The van der Waals surface area contributed by atoms with Gasteiger partial charge in [0, 0.05) is 16.9 Å². The molecule has 1 rings (SSSR count). The van der Waals surface area contributed by atoms with Gasteiger partial charge in [-0.2, -0.15) is 0 Å². The number of anilines is 2. The molecule has 5 N–H and O–H groups in total. The minimum Gasteiger partial charge on any atom is -0.478 e. The molecule has 0 aliphatic rings. The van der Waals surface area contributed by atoms with Crippen LogP contribution in [0, 0.1) is 5.92 Å². The van der Waals surface area contributed by atoms with E-state index in [4.69, 9.17) is 16.6 Å². The number of carboxylic acids is 1. The molecule has 17 heavy (non-hydrogen) atoms. The van der Waals surface area contributed by atoms with Crippen molar-refractivity contribution in [2.24, 2.45) is 5.92 Å². The van der Waals surface area contributed by atoms with E-state index in [0.29, 0.717) is 17.3 Å². The van der Waals surface area contributed by atoms with Crippen molar-refractivity contribution >= 4 is 17.3 Å². The molecule has 0 saturated carbocycles. The van der Waals surface area contributed by atoms with E-state index < -0.39 is 5.97 Å². The first-order valence-corrected chi connectivity index (χ1v) is 5.60. The van der Waals surface area contributed by atoms with Gasteiger partial charge in [0.1, 0.15) is 0 Å². The van der Waals surface area contributed by atoms with Crippen LogP contribution in [0.25, 0.3) is 0 Å². The Balaban J connectivity index is 3.42. The van der Waals surface area contributed by atoms with Crippen LogP contribution in [0.3, 0.4) is 0 Å². The molecule has 0 aromatic heterocycles. The van der Waals surface area contributed by atoms with E-state index >= 15 is 0 Å². The molecule has 0 heterocycles. The largest absolute Gasteiger partial charge is 0.478 e. The Morgan fingerprint density at radius 2 is 1.65 bits per heavy atom. The molecule has 0 aliphatic carbocycles. The molecular formula is C13H20N2O2. The number of hydrogen-bond donors (Lipinski definition) is 3. The number of benzene rings is 1. The first kappa shape index (κ1) is 13.4. The van der Waals surface area contributed by atoms with Crippen molar-refractivity contribution in [3.8, 4) is 0 Å². The van der Waals surface area contributed by atoms with Crippen molar-refractivity contribution < 1.29 is 9.90 Å². The molecule has 1 aromatic carbocycles. The summed E-state index contributed by atoms with van der Waals surface area (Å²) in [6, 6.07) is 2.94. The molecule has 0 fully saturated rings. The van der Waals surface area contributed by atoms with Crippen molar-refractivity contribution in [1.29, 1.82) is 0 Å². The van der Waals surface area contributed by atoms with Gasteiger partial charge in [-0.3, -0.25) is 0 Å². The number of carboxylic acid groups (broad SMARTS) is 1. The molecule has 0 atom stereocenters. The van der Waals surface area contributed by atoms with E-state index in [1.165, 1.54) is 12.1 Å². The molecule has 4 nitrogen and oxygen atoms in total. The summed E-state index contributed by atoms with van der Waals surface area (Å²) in [7, 11) is 0. The highest BCUT2D eigenvalue weighted by Gasteiger charge is 2.29. The van der Waals surface area contributed by atoms with Gasteiger partial charge in [-0.15, -0.1) is 0 Å². The fourth-order valence-corrected chi connectivity index (χ4v) is 1.84. The van der Waals surface area contributed by atoms with Gasteiger partial charge >= 0.3 is 5.97 Å². The number of nitrogens with two attached hydrogens (primary N) is 2. The van der Waals surface area contributed by atoms with E-state index in [9.17, 15) is 4.79 Å². The fourth-order valence-electron chi connectivity index (χ4n) is 1.84. The molecule has 0 amide bonds. The lowest BCUT2D eigenvalue weighted by Gasteiger charge is -2.32. The van der Waals surface area contributed by atoms with Crippen molar-refractivity contribution in [1.82, 2.24) is 0 Å². The lowest BCUT2D eigenvalue weighted by atomic mass is 9.73. The molecule has 0 saturated heterocycles. The van der Waals surface area contributed by atoms with Crippen LogP contribution in [0.2, 0.25) is 0 Å². The maximum absolute atomic E-state index is 10.9. The third-order valence-corrected chi connectivity index (χ3v) is 3.53. The lowest BCUT2D eigenvalue weighted by molar-refractivity contribution is 0.0697. The Labute approximate surface area is 102 Å². The van der Waals surface area contributed by atoms with Crippen molar-refractivity contribution in [3.05, 3.63) is 23.3 Å². The average Bonchev–Trinajstić information content (AvgIpc) is 2.15. The number of hydrogen-bond acceptors (Lipinski definition) is 3. The molecule has 4 heteroatoms. The van der Waals surface area contributed by atoms with E-state index in [-0.39, 0.29) is 11.0 Å². The van der Waals surface area contributed by atoms with Crippen LogP contribution in [-0.4, -0.2) is 11.1 Å². The lowest BCUT2D eigenvalue weighted by Crippen LogP contribution is -2.27. The van der Waals surface area contributed by atoms with Crippen LogP contribution in [0.1, 0.15) is 43.6 Å². The van der Waals surface area contributed by atoms with Gasteiger partial charge in [-0.25, -0.2) is 4.79 Å². The number of rotatable bonds is 3. The van der Waals surface area contributed by atoms with Crippen LogP contribution >= 0.6 is 0 Å². The van der Waals surface area contributed by atoms with Gasteiger partial charge in [-0.05, 0) is 23.5 Å². The zero-order chi connectivity index (χ0) is 13.4. The predicted molar refractivity (Wildman–Crippen MR) is 70.1 cm³/mol. The summed E-state index contributed by atoms with van der Waals surface area (Å²) in [6.07, 6.45) is 0. The summed E-state index contributed by atoms with van der Waals surface area (Å²) in [5.74, 6) is -0.667. The molecule has 0 radical (unpaired) electrons. The Bertz CT molecular complexity index is 428. The normalized spacial score (nSPS) is 11.8. The quantitative estimate of drug-likeness (QED) is 0.703. The summed E-state index contributed by atoms with van der Waals surface area (Å²) in [5, 5.41) is 8.93. The molecule has 0 aliphatic heterocycles. The summed E-state index contributed by atoms with van der Waals surface area (Å²) < 4.78 is 0. The highest BCUT2D eigenvalue weighted by molar-refractivity contribution is 5.91. The van der Waals surface area contributed by atoms with Gasteiger partial charge in [-0.1, -0.05) is 27.7 Å². The van der Waals surface area contributed by atoms with Gasteiger partial charge in [0.2, 0.25) is 0 Å². The van der Waals surface area contributed by atoms with Gasteiger partial charge in [0.15, 0.2) is 0 Å². The topological polar surface area (TPSA) is 89.3 Å². The standard InChI is InChI=1S/C13H20N2O2/c1-7(2)13(3,4)11-9(14)5-8(12(16)17)6-10(11)15/h5-7H,14-15H2,1-4H3,(H,16,17). The molecule has 0 bridgehead atoms. The number of nitrogen functional groups attached to an aromatic ring is 2. The monoisotopic (exact) mass is 236 g/mol. The van der Waals surface area contributed by atoms with Crippen molar-refractivity contribution in [3.63, 3.8) is 0 Å². The van der Waals surface area contributed by atoms with Gasteiger partial charge in [0.05, 0.1) is 5.56 Å². The van der Waals surface area contributed by atoms with Crippen LogP contribution in [0.4, 0.5) is 11.4 Å². The minimum atomic E-state index is -1.02. The molecular weight excluding hydrogens is 216 g/mol. The van der Waals surface area contributed by atoms with Crippen LogP contribution in [0.5, 0.6) is 0 Å². The highest BCUT2D eigenvalue weighted by Crippen LogP contribution is 2.39. The summed E-state index contributed by atoms with van der Waals surface area (Å²) in [6.45, 7) is 8.29. The molecule has 1 aromatic rings. The maximum atomic E-state index is 10.9. The Morgan fingerprint density at radius 3 is 1.94 bits per heavy atom. The predicted octanol–water partition coefficient (Wildman–Crippen LogP) is 2.48. The Morgan fingerprint density at radius 1 is 1.24 bits per heavy atom. The second-order valence-electron chi connectivity index (χ2n) is 5.21. The van der Waals surface area contributed by atoms with Crippen molar-refractivity contribution in [2.45, 2.75) is 33.1 Å². The summed E-state index contributed by atoms with van der Waals surface area (Å²) in [5.41, 5.74) is 13.5. The number of aromatic carboxylic acids is 1. The van der Waals surface area contributed by atoms with Crippen LogP contribution in [0.15, 0.2) is 12.1 Å². The number of carbonyl (C=O) groups is 1. The molecule has 94 valence electrons. The zero-order valence-electron chi connectivity index (χ0n) is 10.7. The first-order chi connectivity index (χ1) is 7.67. The highest BCUT2D eigenvalue weighted by atomic mass is 16.4. The van der Waals surface area contributed by atoms with Gasteiger partial charge in [0.25, 0.3) is 0 Å². The van der Waals surface area contributed by atoms with Crippen molar-refractivity contribution in [2.75, 3.05) is 11.5 Å². The Hall–Kier alpha value is -1.71. The molecule has 0 spiro atoms. The minimum absolute atomic E-state index is 0.128. The smallest absolute Gasteiger partial charge is 0.335 e. The van der Waals surface area contributed by atoms with E-state index in [2.05, 4.69) is 27.7 Å². The second kappa shape index (κ2) is 4.28. The average molecular weight is 236 g/mol. The summed E-state index contributed by atoms with van der Waals surface area (Å²) in [4.78, 5) is 10.9. The van der Waals surface area contributed by atoms with Crippen LogP contribution < -0.4 is 11.5 Å². The fraction of sp³-hybridized carbons (Fsp3) is 0.462. The van der Waals surface area contributed by atoms with Gasteiger partial charge < -0.3 is 16.6 Å². The molecule has 0 unspecified atom stereocenters. The van der Waals surface area contributed by atoms with Crippen LogP contribution in [-0.2, 0) is 5.41 Å².